The number of aliphatic hydroxyl groups excluding tert-OH is 2. The summed E-state index contributed by atoms with van der Waals surface area (Å²) in [6.07, 6.45) is 71.9. The van der Waals surface area contributed by atoms with E-state index >= 15 is 0 Å². The monoisotopic (exact) mass is 972 g/mol. The van der Waals surface area contributed by atoms with Crippen molar-refractivity contribution in [3.8, 4) is 0 Å². The van der Waals surface area contributed by atoms with Gasteiger partial charge in [-0.05, 0) is 64.2 Å². The molecule has 6 nitrogen and oxygen atoms in total. The van der Waals surface area contributed by atoms with Crippen molar-refractivity contribution in [1.82, 2.24) is 5.32 Å². The molecule has 0 aromatic rings. The molecule has 0 rings (SSSR count). The number of allylic oxidation sites excluding steroid dienone is 4. The number of ether oxygens (including phenoxy) is 1. The second-order valence-corrected chi connectivity index (χ2v) is 21.4. The van der Waals surface area contributed by atoms with E-state index in [0.29, 0.717) is 25.9 Å². The Morgan fingerprint density at radius 1 is 0.406 bits per heavy atom. The van der Waals surface area contributed by atoms with Crippen LogP contribution in [0.3, 0.4) is 0 Å². The van der Waals surface area contributed by atoms with Crippen molar-refractivity contribution in [3.05, 3.63) is 24.3 Å². The number of aliphatic hydroxyl groups is 2. The minimum atomic E-state index is -0.676. The summed E-state index contributed by atoms with van der Waals surface area (Å²) in [4.78, 5) is 24.5. The summed E-state index contributed by atoms with van der Waals surface area (Å²) in [6, 6.07) is -0.554. The number of nitrogens with one attached hydrogen (secondary N) is 1. The summed E-state index contributed by atoms with van der Waals surface area (Å²) in [5.41, 5.74) is 0. The molecule has 0 fully saturated rings. The zero-order chi connectivity index (χ0) is 50.0. The minimum Gasteiger partial charge on any atom is -0.466 e. The zero-order valence-electron chi connectivity index (χ0n) is 46.6. The number of carbonyl (C=O) groups excluding carboxylic acids is 2. The predicted molar refractivity (Wildman–Crippen MR) is 301 cm³/mol. The molecule has 1 amide bonds. The van der Waals surface area contributed by atoms with Crippen LogP contribution in [0.5, 0.6) is 0 Å². The van der Waals surface area contributed by atoms with Crippen LogP contribution in [0.15, 0.2) is 24.3 Å². The Bertz CT molecular complexity index is 1080. The summed E-state index contributed by atoms with van der Waals surface area (Å²) in [7, 11) is 0. The zero-order valence-corrected chi connectivity index (χ0v) is 46.6. The molecule has 2 unspecified atom stereocenters. The molecule has 3 N–H and O–H groups in total. The largest absolute Gasteiger partial charge is 0.466 e. The van der Waals surface area contributed by atoms with E-state index in [2.05, 4.69) is 43.5 Å². The Morgan fingerprint density at radius 2 is 0.725 bits per heavy atom. The summed E-state index contributed by atoms with van der Waals surface area (Å²) in [5, 5.41) is 23.4. The number of unbranched alkanes of at least 4 members (excludes halogenated alkanes) is 43. The van der Waals surface area contributed by atoms with Crippen molar-refractivity contribution >= 4 is 11.9 Å². The molecule has 0 aliphatic carbocycles. The SMILES string of the molecule is CCCCCCCCCCCCCCCCCCCCCCCCCC(O)C(CO)NC(=O)CCCCCCCCC/C=C\C/C=C\CCCCCOC(=O)CCCCCCCCCCCCCC. The molecule has 0 spiro atoms. The number of rotatable bonds is 58. The van der Waals surface area contributed by atoms with Gasteiger partial charge in [0.2, 0.25) is 5.91 Å². The van der Waals surface area contributed by atoms with E-state index < -0.39 is 12.1 Å². The van der Waals surface area contributed by atoms with Gasteiger partial charge in [0.1, 0.15) is 0 Å². The lowest BCUT2D eigenvalue weighted by molar-refractivity contribution is -0.143. The lowest BCUT2D eigenvalue weighted by Gasteiger charge is -2.22. The Labute approximate surface area is 431 Å². The van der Waals surface area contributed by atoms with Gasteiger partial charge in [0.15, 0.2) is 0 Å². The van der Waals surface area contributed by atoms with Crippen LogP contribution in [0, 0.1) is 0 Å². The molecule has 0 bridgehead atoms. The highest BCUT2D eigenvalue weighted by Gasteiger charge is 2.20. The average molecular weight is 973 g/mol. The van der Waals surface area contributed by atoms with Crippen LogP contribution >= 0.6 is 0 Å². The molecule has 0 saturated carbocycles. The van der Waals surface area contributed by atoms with Gasteiger partial charge in [-0.3, -0.25) is 9.59 Å². The maximum Gasteiger partial charge on any atom is 0.305 e. The van der Waals surface area contributed by atoms with Gasteiger partial charge in [-0.1, -0.05) is 289 Å². The summed E-state index contributed by atoms with van der Waals surface area (Å²) < 4.78 is 5.44. The molecule has 0 radical (unpaired) electrons. The summed E-state index contributed by atoms with van der Waals surface area (Å²) in [6.45, 7) is 4.93. The van der Waals surface area contributed by atoms with Crippen LogP contribution in [0.1, 0.15) is 341 Å². The predicted octanol–water partition coefficient (Wildman–Crippen LogP) is 19.4. The third-order valence-corrected chi connectivity index (χ3v) is 14.5. The van der Waals surface area contributed by atoms with Gasteiger partial charge >= 0.3 is 5.97 Å². The molecule has 0 aliphatic heterocycles. The van der Waals surface area contributed by atoms with Crippen molar-refractivity contribution in [2.75, 3.05) is 13.2 Å². The maximum absolute atomic E-state index is 12.5. The molecule has 69 heavy (non-hydrogen) atoms. The van der Waals surface area contributed by atoms with Gasteiger partial charge in [-0.15, -0.1) is 0 Å². The smallest absolute Gasteiger partial charge is 0.305 e. The lowest BCUT2D eigenvalue weighted by Crippen LogP contribution is -2.45. The quantitative estimate of drug-likeness (QED) is 0.0321. The Morgan fingerprint density at radius 3 is 1.10 bits per heavy atom. The number of amides is 1. The molecule has 0 heterocycles. The van der Waals surface area contributed by atoms with E-state index in [1.54, 1.807) is 0 Å². The molecule has 0 aromatic heterocycles. The fourth-order valence-electron chi connectivity index (χ4n) is 9.73. The summed E-state index contributed by atoms with van der Waals surface area (Å²) >= 11 is 0. The van der Waals surface area contributed by atoms with E-state index in [1.165, 1.54) is 225 Å². The topological polar surface area (TPSA) is 95.9 Å². The van der Waals surface area contributed by atoms with Crippen molar-refractivity contribution < 1.29 is 24.5 Å². The number of carbonyl (C=O) groups is 2. The van der Waals surface area contributed by atoms with Crippen molar-refractivity contribution in [2.45, 2.75) is 353 Å². The first kappa shape index (κ1) is 67.3. The first-order valence-corrected chi connectivity index (χ1v) is 31.1. The van der Waals surface area contributed by atoms with Gasteiger partial charge in [0.25, 0.3) is 0 Å². The van der Waals surface area contributed by atoms with Crippen LogP contribution in [0.25, 0.3) is 0 Å². The standard InChI is InChI=1S/C63H121NO5/c1-3-5-7-9-11-13-15-17-18-19-20-21-22-23-24-26-29-32-35-39-43-47-51-55-61(66)60(59-65)64-62(67)56-52-48-44-40-36-33-30-27-25-28-31-34-38-42-46-50-54-58-69-63(68)57-53-49-45-41-37-16-14-12-10-8-6-4-2/h25,28,34,38,60-61,65-66H,3-24,26-27,29-33,35-37,39-59H2,1-2H3,(H,64,67)/b28-25-,38-34-. The van der Waals surface area contributed by atoms with E-state index in [9.17, 15) is 19.8 Å². The average Bonchev–Trinajstić information content (AvgIpc) is 3.35. The van der Waals surface area contributed by atoms with Crippen LogP contribution in [-0.4, -0.2) is 47.4 Å². The normalized spacial score (nSPS) is 12.7. The van der Waals surface area contributed by atoms with Gasteiger partial charge in [0, 0.05) is 12.8 Å². The van der Waals surface area contributed by atoms with Crippen molar-refractivity contribution in [2.24, 2.45) is 0 Å². The Kier molecular flexibility index (Phi) is 57.5. The second kappa shape index (κ2) is 58.9. The lowest BCUT2D eigenvalue weighted by atomic mass is 10.0. The Hall–Kier alpha value is -1.66. The van der Waals surface area contributed by atoms with Gasteiger partial charge in [-0.25, -0.2) is 0 Å². The van der Waals surface area contributed by atoms with Crippen molar-refractivity contribution in [3.63, 3.8) is 0 Å². The number of hydrogen-bond donors (Lipinski definition) is 3. The van der Waals surface area contributed by atoms with E-state index in [1.807, 2.05) is 0 Å². The van der Waals surface area contributed by atoms with E-state index in [-0.39, 0.29) is 18.5 Å². The molecule has 0 aliphatic rings. The molecule has 2 atom stereocenters. The fraction of sp³-hybridized carbons (Fsp3) is 0.905. The third-order valence-electron chi connectivity index (χ3n) is 14.5. The van der Waals surface area contributed by atoms with E-state index in [4.69, 9.17) is 4.74 Å². The number of esters is 1. The fourth-order valence-corrected chi connectivity index (χ4v) is 9.73. The molecule has 408 valence electrons. The molecule has 0 saturated heterocycles. The molecule has 0 aromatic carbocycles. The highest BCUT2D eigenvalue weighted by molar-refractivity contribution is 5.76. The van der Waals surface area contributed by atoms with Crippen LogP contribution in [0.4, 0.5) is 0 Å². The number of hydrogen-bond acceptors (Lipinski definition) is 5. The minimum absolute atomic E-state index is 0.0141. The van der Waals surface area contributed by atoms with E-state index in [0.717, 1.165) is 83.5 Å². The van der Waals surface area contributed by atoms with Crippen LogP contribution in [0.2, 0.25) is 0 Å². The second-order valence-electron chi connectivity index (χ2n) is 21.4. The van der Waals surface area contributed by atoms with Gasteiger partial charge in [0.05, 0.1) is 25.4 Å². The molecular weight excluding hydrogens is 851 g/mol. The maximum atomic E-state index is 12.5. The summed E-state index contributed by atoms with van der Waals surface area (Å²) in [5.74, 6) is -0.0616. The third kappa shape index (κ3) is 55.5. The van der Waals surface area contributed by atoms with Gasteiger partial charge in [-0.2, -0.15) is 0 Å². The van der Waals surface area contributed by atoms with Gasteiger partial charge < -0.3 is 20.3 Å². The molecular formula is C63H121NO5. The Balaban J connectivity index is 3.48. The highest BCUT2D eigenvalue weighted by Crippen LogP contribution is 2.18. The molecule has 6 heteroatoms. The van der Waals surface area contributed by atoms with Crippen molar-refractivity contribution in [1.29, 1.82) is 0 Å². The first-order valence-electron chi connectivity index (χ1n) is 31.1. The van der Waals surface area contributed by atoms with Crippen LogP contribution in [-0.2, 0) is 14.3 Å². The van der Waals surface area contributed by atoms with Crippen LogP contribution < -0.4 is 5.32 Å². The highest BCUT2D eigenvalue weighted by atomic mass is 16.5. The first-order chi connectivity index (χ1) is 34.0.